The van der Waals surface area contributed by atoms with Crippen molar-refractivity contribution in [1.82, 2.24) is 0 Å². The predicted octanol–water partition coefficient (Wildman–Crippen LogP) is 2.63. The first kappa shape index (κ1) is 10.5. The highest BCUT2D eigenvalue weighted by Crippen LogP contribution is 2.31. The molecule has 2 rings (SSSR count). The van der Waals surface area contributed by atoms with Crippen molar-refractivity contribution >= 4 is 0 Å². The zero-order valence-electron chi connectivity index (χ0n) is 9.58. The first-order valence-corrected chi connectivity index (χ1v) is 5.49. The summed E-state index contributed by atoms with van der Waals surface area (Å²) in [7, 11) is 0. The minimum atomic E-state index is -0.766. The fraction of sp³-hybridized carbons (Fsp3) is 0.538. The molecular weight excluding hydrogens is 188 g/mol. The molecule has 0 radical (unpaired) electrons. The standard InChI is InChI=1S/C13H18O2/c1-9-4-5-10-8-11(13(2,3)14)6-7-12(10)15-9/h6-9,14H,4-5H2,1-3H3. The van der Waals surface area contributed by atoms with Gasteiger partial charge in [-0.1, -0.05) is 6.07 Å². The van der Waals surface area contributed by atoms with E-state index in [1.54, 1.807) is 13.8 Å². The van der Waals surface area contributed by atoms with E-state index in [0.29, 0.717) is 6.10 Å². The van der Waals surface area contributed by atoms with Gasteiger partial charge in [-0.2, -0.15) is 0 Å². The number of aliphatic hydroxyl groups is 1. The van der Waals surface area contributed by atoms with E-state index in [9.17, 15) is 5.11 Å². The second-order valence-electron chi connectivity index (χ2n) is 4.85. The molecule has 0 saturated carbocycles. The van der Waals surface area contributed by atoms with Crippen molar-refractivity contribution in [1.29, 1.82) is 0 Å². The molecule has 15 heavy (non-hydrogen) atoms. The third-order valence-electron chi connectivity index (χ3n) is 2.92. The molecule has 1 unspecified atom stereocenters. The lowest BCUT2D eigenvalue weighted by Gasteiger charge is -2.26. The van der Waals surface area contributed by atoms with Crippen molar-refractivity contribution in [2.45, 2.75) is 45.3 Å². The molecule has 0 aliphatic carbocycles. The maximum Gasteiger partial charge on any atom is 0.122 e. The highest BCUT2D eigenvalue weighted by Gasteiger charge is 2.21. The zero-order valence-corrected chi connectivity index (χ0v) is 9.58. The Morgan fingerprint density at radius 1 is 1.40 bits per heavy atom. The van der Waals surface area contributed by atoms with Gasteiger partial charge in [0.05, 0.1) is 11.7 Å². The normalized spacial score (nSPS) is 20.7. The highest BCUT2D eigenvalue weighted by molar-refractivity contribution is 5.40. The first-order chi connectivity index (χ1) is 6.97. The molecular formula is C13H18O2. The van der Waals surface area contributed by atoms with Gasteiger partial charge in [-0.3, -0.25) is 0 Å². The number of aryl methyl sites for hydroxylation is 1. The average Bonchev–Trinajstić information content (AvgIpc) is 2.15. The quantitative estimate of drug-likeness (QED) is 0.765. The Balaban J connectivity index is 2.35. The van der Waals surface area contributed by atoms with Gasteiger partial charge in [0.2, 0.25) is 0 Å². The molecule has 2 nitrogen and oxygen atoms in total. The minimum Gasteiger partial charge on any atom is -0.490 e. The van der Waals surface area contributed by atoms with Crippen LogP contribution in [0, 0.1) is 0 Å². The van der Waals surface area contributed by atoms with Gasteiger partial charge in [-0.05, 0) is 56.9 Å². The molecule has 1 aromatic rings. The lowest BCUT2D eigenvalue weighted by molar-refractivity contribution is 0.0782. The summed E-state index contributed by atoms with van der Waals surface area (Å²) in [5.74, 6) is 0.974. The molecule has 0 bridgehead atoms. The van der Waals surface area contributed by atoms with Crippen LogP contribution in [0.2, 0.25) is 0 Å². The van der Waals surface area contributed by atoms with Crippen LogP contribution < -0.4 is 4.74 Å². The molecule has 1 N–H and O–H groups in total. The van der Waals surface area contributed by atoms with Crippen LogP contribution in [-0.4, -0.2) is 11.2 Å². The zero-order chi connectivity index (χ0) is 11.1. The summed E-state index contributed by atoms with van der Waals surface area (Å²) in [6.07, 6.45) is 2.41. The van der Waals surface area contributed by atoms with Gasteiger partial charge >= 0.3 is 0 Å². The van der Waals surface area contributed by atoms with E-state index in [2.05, 4.69) is 13.0 Å². The van der Waals surface area contributed by atoms with Crippen molar-refractivity contribution in [2.75, 3.05) is 0 Å². The Kier molecular flexibility index (Phi) is 2.47. The van der Waals surface area contributed by atoms with Crippen LogP contribution in [0.3, 0.4) is 0 Å². The van der Waals surface area contributed by atoms with Gasteiger partial charge in [0, 0.05) is 0 Å². The smallest absolute Gasteiger partial charge is 0.122 e. The van der Waals surface area contributed by atoms with Gasteiger partial charge in [0.15, 0.2) is 0 Å². The summed E-state index contributed by atoms with van der Waals surface area (Å²) in [5.41, 5.74) is 1.41. The van der Waals surface area contributed by atoms with Gasteiger partial charge in [-0.25, -0.2) is 0 Å². The first-order valence-electron chi connectivity index (χ1n) is 5.49. The van der Waals surface area contributed by atoms with E-state index in [1.165, 1.54) is 5.56 Å². The fourth-order valence-corrected chi connectivity index (χ4v) is 1.90. The molecule has 1 aliphatic heterocycles. The minimum absolute atomic E-state index is 0.311. The van der Waals surface area contributed by atoms with Crippen molar-refractivity contribution in [2.24, 2.45) is 0 Å². The molecule has 1 aliphatic rings. The Hall–Kier alpha value is -1.02. The average molecular weight is 206 g/mol. The third-order valence-corrected chi connectivity index (χ3v) is 2.92. The fourth-order valence-electron chi connectivity index (χ4n) is 1.90. The van der Waals surface area contributed by atoms with Crippen molar-refractivity contribution in [3.63, 3.8) is 0 Å². The van der Waals surface area contributed by atoms with Crippen molar-refractivity contribution < 1.29 is 9.84 Å². The summed E-state index contributed by atoms with van der Waals surface area (Å²) >= 11 is 0. The van der Waals surface area contributed by atoms with Crippen LogP contribution in [0.5, 0.6) is 5.75 Å². The molecule has 1 aromatic carbocycles. The lowest BCUT2D eigenvalue weighted by Crippen LogP contribution is -2.21. The highest BCUT2D eigenvalue weighted by atomic mass is 16.5. The number of hydrogen-bond donors (Lipinski definition) is 1. The number of rotatable bonds is 1. The van der Waals surface area contributed by atoms with Crippen LogP contribution in [0.1, 0.15) is 38.3 Å². The third kappa shape index (κ3) is 2.15. The molecule has 1 atom stereocenters. The Bertz CT molecular complexity index is 363. The summed E-state index contributed by atoms with van der Waals surface area (Å²) in [4.78, 5) is 0. The van der Waals surface area contributed by atoms with Crippen LogP contribution in [-0.2, 0) is 12.0 Å². The van der Waals surface area contributed by atoms with Crippen molar-refractivity contribution in [3.05, 3.63) is 29.3 Å². The summed E-state index contributed by atoms with van der Waals surface area (Å²) < 4.78 is 5.72. The van der Waals surface area contributed by atoms with E-state index in [4.69, 9.17) is 4.74 Å². The van der Waals surface area contributed by atoms with E-state index in [-0.39, 0.29) is 0 Å². The van der Waals surface area contributed by atoms with E-state index in [0.717, 1.165) is 24.2 Å². The van der Waals surface area contributed by atoms with Gasteiger partial charge in [-0.15, -0.1) is 0 Å². The van der Waals surface area contributed by atoms with Gasteiger partial charge < -0.3 is 9.84 Å². The molecule has 0 spiro atoms. The molecule has 0 amide bonds. The van der Waals surface area contributed by atoms with E-state index in [1.807, 2.05) is 12.1 Å². The molecule has 1 heterocycles. The second kappa shape index (κ2) is 3.53. The van der Waals surface area contributed by atoms with Crippen LogP contribution >= 0.6 is 0 Å². The van der Waals surface area contributed by atoms with Crippen molar-refractivity contribution in [3.8, 4) is 5.75 Å². The number of ether oxygens (including phenoxy) is 1. The Morgan fingerprint density at radius 2 is 2.13 bits per heavy atom. The van der Waals surface area contributed by atoms with E-state index < -0.39 is 5.60 Å². The molecule has 2 heteroatoms. The topological polar surface area (TPSA) is 29.5 Å². The summed E-state index contributed by atoms with van der Waals surface area (Å²) in [6.45, 7) is 5.70. The Morgan fingerprint density at radius 3 is 2.80 bits per heavy atom. The summed E-state index contributed by atoms with van der Waals surface area (Å²) in [5, 5.41) is 9.90. The maximum atomic E-state index is 9.90. The second-order valence-corrected chi connectivity index (χ2v) is 4.85. The largest absolute Gasteiger partial charge is 0.490 e. The van der Waals surface area contributed by atoms with Gasteiger partial charge in [0.25, 0.3) is 0 Å². The summed E-state index contributed by atoms with van der Waals surface area (Å²) in [6, 6.07) is 5.97. The number of hydrogen-bond acceptors (Lipinski definition) is 2. The van der Waals surface area contributed by atoms with E-state index >= 15 is 0 Å². The SMILES string of the molecule is CC1CCc2cc(C(C)(C)O)ccc2O1. The molecule has 0 saturated heterocycles. The van der Waals surface area contributed by atoms with Crippen LogP contribution in [0.15, 0.2) is 18.2 Å². The molecule has 0 fully saturated rings. The maximum absolute atomic E-state index is 9.90. The monoisotopic (exact) mass is 206 g/mol. The Labute approximate surface area is 90.9 Å². The van der Waals surface area contributed by atoms with Crippen LogP contribution in [0.4, 0.5) is 0 Å². The predicted molar refractivity (Wildman–Crippen MR) is 60.1 cm³/mol. The number of benzene rings is 1. The number of fused-ring (bicyclic) bond motifs is 1. The van der Waals surface area contributed by atoms with Gasteiger partial charge in [0.1, 0.15) is 5.75 Å². The van der Waals surface area contributed by atoms with Crippen LogP contribution in [0.25, 0.3) is 0 Å². The molecule has 82 valence electrons. The lowest BCUT2D eigenvalue weighted by atomic mass is 9.93. The molecule has 0 aromatic heterocycles.